The summed E-state index contributed by atoms with van der Waals surface area (Å²) >= 11 is 0. The zero-order valence-electron chi connectivity index (χ0n) is 18.3. The van der Waals surface area contributed by atoms with Gasteiger partial charge in [-0.2, -0.15) is 0 Å². The second-order valence-corrected chi connectivity index (χ2v) is 8.81. The number of carbonyl (C=O) groups is 1. The molecular formula is C27H28N4O. The Balaban J connectivity index is 1.15. The third-order valence-corrected chi connectivity index (χ3v) is 6.48. The fraction of sp³-hybridized carbons (Fsp3) is 0.296. The molecule has 32 heavy (non-hydrogen) atoms. The summed E-state index contributed by atoms with van der Waals surface area (Å²) in [5.74, 6) is 1.54. The Morgan fingerprint density at radius 2 is 2.00 bits per heavy atom. The molecule has 5 nitrogen and oxygen atoms in total. The predicted octanol–water partition coefficient (Wildman–Crippen LogP) is 5.00. The quantitative estimate of drug-likeness (QED) is 0.599. The molecule has 162 valence electrons. The van der Waals surface area contributed by atoms with Crippen LogP contribution in [0.4, 0.5) is 5.82 Å². The van der Waals surface area contributed by atoms with Gasteiger partial charge < -0.3 is 10.2 Å². The van der Waals surface area contributed by atoms with E-state index in [-0.39, 0.29) is 5.91 Å². The Bertz CT molecular complexity index is 1190. The molecule has 2 aliphatic rings. The van der Waals surface area contributed by atoms with Crippen molar-refractivity contribution in [1.82, 2.24) is 14.9 Å². The molecule has 1 aromatic carbocycles. The van der Waals surface area contributed by atoms with E-state index in [1.807, 2.05) is 23.1 Å². The number of hydrogen-bond donors (Lipinski definition) is 1. The predicted molar refractivity (Wildman–Crippen MR) is 129 cm³/mol. The van der Waals surface area contributed by atoms with Gasteiger partial charge in [0.25, 0.3) is 0 Å². The number of amides is 1. The number of anilines is 1. The Kier molecular flexibility index (Phi) is 5.71. The summed E-state index contributed by atoms with van der Waals surface area (Å²) in [4.78, 5) is 23.9. The maximum absolute atomic E-state index is 12.7. The number of carbonyl (C=O) groups excluding carboxylic acids is 1. The molecule has 1 saturated heterocycles. The summed E-state index contributed by atoms with van der Waals surface area (Å²) < 4.78 is 0. The van der Waals surface area contributed by atoms with Gasteiger partial charge in [-0.25, -0.2) is 4.98 Å². The molecule has 0 atom stereocenters. The van der Waals surface area contributed by atoms with E-state index >= 15 is 0 Å². The van der Waals surface area contributed by atoms with Gasteiger partial charge in [0.15, 0.2) is 0 Å². The van der Waals surface area contributed by atoms with Crippen molar-refractivity contribution in [2.75, 3.05) is 18.4 Å². The smallest absolute Gasteiger partial charge is 0.246 e. The lowest BCUT2D eigenvalue weighted by atomic mass is 9.91. The molecule has 0 radical (unpaired) electrons. The highest BCUT2D eigenvalue weighted by Gasteiger charge is 2.22. The van der Waals surface area contributed by atoms with Crippen molar-refractivity contribution in [3.63, 3.8) is 0 Å². The van der Waals surface area contributed by atoms with Gasteiger partial charge in [-0.3, -0.25) is 9.78 Å². The molecule has 3 aromatic rings. The number of likely N-dealkylation sites (tertiary alicyclic amines) is 1. The fourth-order valence-electron chi connectivity index (χ4n) is 4.59. The minimum Gasteiger partial charge on any atom is -0.344 e. The largest absolute Gasteiger partial charge is 0.344 e. The maximum Gasteiger partial charge on any atom is 0.246 e. The van der Waals surface area contributed by atoms with E-state index in [0.29, 0.717) is 5.92 Å². The molecule has 0 aliphatic carbocycles. The number of benzene rings is 1. The first-order valence-corrected chi connectivity index (χ1v) is 11.4. The lowest BCUT2D eigenvalue weighted by Crippen LogP contribution is -2.38. The summed E-state index contributed by atoms with van der Waals surface area (Å²) in [6.07, 6.45) is 10.2. The molecule has 0 bridgehead atoms. The van der Waals surface area contributed by atoms with Crippen LogP contribution in [0.15, 0.2) is 67.0 Å². The third-order valence-electron chi connectivity index (χ3n) is 6.48. The van der Waals surface area contributed by atoms with Gasteiger partial charge in [0, 0.05) is 42.1 Å². The highest BCUT2D eigenvalue weighted by molar-refractivity contribution is 5.91. The number of hydrogen-bond acceptors (Lipinski definition) is 4. The van der Waals surface area contributed by atoms with Crippen LogP contribution in [-0.2, 0) is 17.6 Å². The second-order valence-electron chi connectivity index (χ2n) is 8.81. The highest BCUT2D eigenvalue weighted by atomic mass is 16.2. The van der Waals surface area contributed by atoms with Crippen molar-refractivity contribution in [3.8, 4) is 0 Å². The van der Waals surface area contributed by atoms with Gasteiger partial charge in [-0.15, -0.1) is 0 Å². The number of pyridine rings is 2. The first kappa shape index (κ1) is 20.4. The molecule has 1 amide bonds. The molecule has 1 fully saturated rings. The zero-order chi connectivity index (χ0) is 21.9. The SMILES string of the molecule is C=C1CCc2cc(/C=C/C(=O)N3CCC(Cc4ccc5ccccc5n4)CC3)cnc2N1. The summed E-state index contributed by atoms with van der Waals surface area (Å²) in [5, 5.41) is 4.40. The number of aryl methyl sites for hydroxylation is 1. The van der Waals surface area contributed by atoms with Crippen molar-refractivity contribution in [1.29, 1.82) is 0 Å². The Morgan fingerprint density at radius 1 is 1.16 bits per heavy atom. The molecule has 2 aromatic heterocycles. The van der Waals surface area contributed by atoms with Crippen LogP contribution in [0.5, 0.6) is 0 Å². The lowest BCUT2D eigenvalue weighted by Gasteiger charge is -2.31. The van der Waals surface area contributed by atoms with Crippen LogP contribution >= 0.6 is 0 Å². The van der Waals surface area contributed by atoms with Crippen molar-refractivity contribution < 1.29 is 4.79 Å². The van der Waals surface area contributed by atoms with E-state index < -0.39 is 0 Å². The van der Waals surface area contributed by atoms with E-state index in [4.69, 9.17) is 4.98 Å². The average Bonchev–Trinajstić information content (AvgIpc) is 2.83. The maximum atomic E-state index is 12.7. The van der Waals surface area contributed by atoms with Crippen LogP contribution in [0.2, 0.25) is 0 Å². The number of allylic oxidation sites excluding steroid dienone is 1. The van der Waals surface area contributed by atoms with E-state index in [1.54, 1.807) is 12.3 Å². The minimum atomic E-state index is 0.0801. The number of fused-ring (bicyclic) bond motifs is 2. The Hall–Kier alpha value is -3.47. The van der Waals surface area contributed by atoms with Crippen LogP contribution in [0, 0.1) is 5.92 Å². The molecule has 0 spiro atoms. The summed E-state index contributed by atoms with van der Waals surface area (Å²) in [5.41, 5.74) is 5.34. The van der Waals surface area contributed by atoms with Crippen LogP contribution in [0.25, 0.3) is 17.0 Å². The highest BCUT2D eigenvalue weighted by Crippen LogP contribution is 2.25. The first-order valence-electron chi connectivity index (χ1n) is 11.4. The Morgan fingerprint density at radius 3 is 2.88 bits per heavy atom. The normalized spacial score (nSPS) is 16.9. The van der Waals surface area contributed by atoms with Crippen molar-refractivity contribution in [3.05, 3.63) is 83.8 Å². The molecule has 0 saturated carbocycles. The fourth-order valence-corrected chi connectivity index (χ4v) is 4.59. The van der Waals surface area contributed by atoms with E-state index in [1.165, 1.54) is 10.9 Å². The van der Waals surface area contributed by atoms with Crippen LogP contribution in [-0.4, -0.2) is 33.9 Å². The first-order chi connectivity index (χ1) is 15.6. The molecule has 5 rings (SSSR count). The standard InChI is InChI=1S/C27H28N4O/c1-19-6-8-23-16-21(18-28-27(23)29-19)7-11-26(32)31-14-12-20(13-15-31)17-24-10-9-22-4-2-3-5-25(22)30-24/h2-5,7,9-11,16,18,20H,1,6,8,12-15,17H2,(H,28,29)/b11-7+. The number of nitrogens with one attached hydrogen (secondary N) is 1. The number of para-hydroxylation sites is 1. The van der Waals surface area contributed by atoms with Crippen molar-refractivity contribution in [2.45, 2.75) is 32.1 Å². The minimum absolute atomic E-state index is 0.0801. The topological polar surface area (TPSA) is 58.1 Å². The number of aromatic nitrogens is 2. The van der Waals surface area contributed by atoms with E-state index in [2.05, 4.69) is 47.2 Å². The van der Waals surface area contributed by atoms with E-state index in [9.17, 15) is 4.79 Å². The van der Waals surface area contributed by atoms with E-state index in [0.717, 1.165) is 73.5 Å². The number of piperidine rings is 1. The molecular weight excluding hydrogens is 396 g/mol. The van der Waals surface area contributed by atoms with Crippen molar-refractivity contribution in [2.24, 2.45) is 5.92 Å². The molecule has 0 unspecified atom stereocenters. The van der Waals surface area contributed by atoms with Gasteiger partial charge in [-0.1, -0.05) is 30.8 Å². The van der Waals surface area contributed by atoms with Crippen molar-refractivity contribution >= 4 is 28.7 Å². The molecule has 2 aliphatic heterocycles. The number of nitrogens with zero attached hydrogens (tertiary/aromatic N) is 3. The van der Waals surface area contributed by atoms with Gasteiger partial charge in [0.2, 0.25) is 5.91 Å². The monoisotopic (exact) mass is 424 g/mol. The second kappa shape index (κ2) is 8.95. The Labute approximate surface area is 188 Å². The number of rotatable bonds is 4. The van der Waals surface area contributed by atoms with Gasteiger partial charge in [0.05, 0.1) is 5.52 Å². The zero-order valence-corrected chi connectivity index (χ0v) is 18.3. The van der Waals surface area contributed by atoms with Gasteiger partial charge in [0.1, 0.15) is 5.82 Å². The molecule has 5 heteroatoms. The summed E-state index contributed by atoms with van der Waals surface area (Å²) in [6.45, 7) is 5.57. The summed E-state index contributed by atoms with van der Waals surface area (Å²) in [6, 6.07) is 14.6. The average molecular weight is 425 g/mol. The van der Waals surface area contributed by atoms with Crippen LogP contribution < -0.4 is 5.32 Å². The molecule has 1 N–H and O–H groups in total. The van der Waals surface area contributed by atoms with Gasteiger partial charge in [-0.05, 0) is 73.4 Å². The van der Waals surface area contributed by atoms with Crippen LogP contribution in [0.1, 0.15) is 36.1 Å². The molecule has 4 heterocycles. The van der Waals surface area contributed by atoms with Gasteiger partial charge >= 0.3 is 0 Å². The van der Waals surface area contributed by atoms with Crippen LogP contribution in [0.3, 0.4) is 0 Å². The third kappa shape index (κ3) is 4.57. The lowest BCUT2D eigenvalue weighted by molar-refractivity contribution is -0.127. The summed E-state index contributed by atoms with van der Waals surface area (Å²) in [7, 11) is 0.